The number of nitrogens with one attached hydrogen (secondary N) is 1. The maximum Gasteiger partial charge on any atom is 0.335 e. The summed E-state index contributed by atoms with van der Waals surface area (Å²) in [5, 5.41) is 22.6. The van der Waals surface area contributed by atoms with E-state index in [2.05, 4.69) is 10.3 Å². The molecule has 0 aliphatic heterocycles. The van der Waals surface area contributed by atoms with Gasteiger partial charge in [0.15, 0.2) is 0 Å². The molecule has 5 nitrogen and oxygen atoms in total. The van der Waals surface area contributed by atoms with E-state index in [4.69, 9.17) is 0 Å². The summed E-state index contributed by atoms with van der Waals surface area (Å²) in [5.74, 6) is -0.253. The van der Waals surface area contributed by atoms with Gasteiger partial charge in [-0.2, -0.15) is 0 Å². The van der Waals surface area contributed by atoms with E-state index >= 15 is 0 Å². The number of carboxylic acids is 1. The van der Waals surface area contributed by atoms with Gasteiger partial charge in [0.1, 0.15) is 5.82 Å². The van der Waals surface area contributed by atoms with Crippen molar-refractivity contribution in [1.29, 1.82) is 0 Å². The van der Waals surface area contributed by atoms with Crippen molar-refractivity contribution in [2.24, 2.45) is 0 Å². The highest BCUT2D eigenvalue weighted by molar-refractivity contribution is 5.88. The molecule has 1 fully saturated rings. The number of carbonyl (C=O) groups is 1. The lowest BCUT2D eigenvalue weighted by atomic mass is 10.0. The first-order valence-corrected chi connectivity index (χ1v) is 7.67. The third-order valence-electron chi connectivity index (χ3n) is 4.00. The maximum atomic E-state index is 11.2. The second-order valence-corrected chi connectivity index (χ2v) is 6.08. The molecule has 0 spiro atoms. The van der Waals surface area contributed by atoms with Crippen molar-refractivity contribution in [2.75, 3.05) is 5.32 Å². The van der Waals surface area contributed by atoms with Gasteiger partial charge in [-0.25, -0.2) is 9.78 Å². The average Bonchev–Trinajstić information content (AvgIpc) is 2.64. The molecule has 1 heterocycles. The Morgan fingerprint density at radius 3 is 2.67 bits per heavy atom. The lowest BCUT2D eigenvalue weighted by Crippen LogP contribution is -2.33. The van der Waals surface area contributed by atoms with Gasteiger partial charge in [-0.3, -0.25) is 0 Å². The molecule has 1 aromatic rings. The maximum absolute atomic E-state index is 11.2. The Morgan fingerprint density at radius 1 is 1.29 bits per heavy atom. The van der Waals surface area contributed by atoms with Crippen molar-refractivity contribution in [3.8, 4) is 0 Å². The molecule has 1 aliphatic rings. The molecule has 1 saturated carbocycles. The van der Waals surface area contributed by atoms with E-state index in [9.17, 15) is 15.0 Å². The fourth-order valence-electron chi connectivity index (χ4n) is 2.69. The lowest BCUT2D eigenvalue weighted by Gasteiger charge is -2.23. The predicted octanol–water partition coefficient (Wildman–Crippen LogP) is 3.01. The first kappa shape index (κ1) is 15.8. The van der Waals surface area contributed by atoms with Crippen molar-refractivity contribution in [3.63, 3.8) is 0 Å². The van der Waals surface area contributed by atoms with Gasteiger partial charge in [0.05, 0.1) is 17.7 Å². The molecule has 2 rings (SSSR count). The molecule has 1 aliphatic carbocycles. The molecule has 0 bridgehead atoms. The molecule has 5 heteroatoms. The number of aromatic carboxylic acids is 1. The van der Waals surface area contributed by atoms with Crippen LogP contribution in [0, 0.1) is 0 Å². The van der Waals surface area contributed by atoms with Gasteiger partial charge < -0.3 is 15.5 Å². The number of rotatable bonds is 4. The minimum absolute atomic E-state index is 0.0518. The van der Waals surface area contributed by atoms with Crippen LogP contribution >= 0.6 is 0 Å². The molecule has 0 radical (unpaired) electrons. The summed E-state index contributed by atoms with van der Waals surface area (Å²) in [6.45, 7) is 3.97. The topological polar surface area (TPSA) is 82.5 Å². The quantitative estimate of drug-likeness (QED) is 0.743. The van der Waals surface area contributed by atoms with Gasteiger partial charge in [0, 0.05) is 5.69 Å². The van der Waals surface area contributed by atoms with E-state index in [1.807, 2.05) is 13.8 Å². The SMILES string of the molecule is CC(C)c1cc(C(=O)O)cc(NC2CCCCCC2O)n1. The average molecular weight is 292 g/mol. The molecule has 1 aromatic heterocycles. The van der Waals surface area contributed by atoms with Gasteiger partial charge in [0.25, 0.3) is 0 Å². The first-order valence-electron chi connectivity index (χ1n) is 7.67. The van der Waals surface area contributed by atoms with Gasteiger partial charge in [-0.05, 0) is 30.9 Å². The Bertz CT molecular complexity index is 502. The Labute approximate surface area is 125 Å². The zero-order valence-electron chi connectivity index (χ0n) is 12.7. The number of aliphatic hydroxyl groups is 1. The van der Waals surface area contributed by atoms with Crippen LogP contribution in [0.15, 0.2) is 12.1 Å². The van der Waals surface area contributed by atoms with E-state index in [0.717, 1.165) is 37.8 Å². The number of hydrogen-bond donors (Lipinski definition) is 3. The fraction of sp³-hybridized carbons (Fsp3) is 0.625. The molecular weight excluding hydrogens is 268 g/mol. The smallest absolute Gasteiger partial charge is 0.335 e. The van der Waals surface area contributed by atoms with Crippen LogP contribution in [-0.4, -0.2) is 33.3 Å². The highest BCUT2D eigenvalue weighted by Crippen LogP contribution is 2.23. The Morgan fingerprint density at radius 2 is 2.00 bits per heavy atom. The summed E-state index contributed by atoms with van der Waals surface area (Å²) in [6, 6.07) is 3.11. The summed E-state index contributed by atoms with van der Waals surface area (Å²) in [6.07, 6.45) is 4.52. The predicted molar refractivity (Wildman–Crippen MR) is 81.8 cm³/mol. The second kappa shape index (κ2) is 6.89. The minimum Gasteiger partial charge on any atom is -0.478 e. The molecule has 0 amide bonds. The number of hydrogen-bond acceptors (Lipinski definition) is 4. The van der Waals surface area contributed by atoms with Crippen LogP contribution < -0.4 is 5.32 Å². The van der Waals surface area contributed by atoms with Crippen molar-refractivity contribution < 1.29 is 15.0 Å². The van der Waals surface area contributed by atoms with Crippen molar-refractivity contribution >= 4 is 11.8 Å². The van der Waals surface area contributed by atoms with E-state index in [1.54, 1.807) is 12.1 Å². The molecule has 2 unspecified atom stereocenters. The fourth-order valence-corrected chi connectivity index (χ4v) is 2.69. The molecular formula is C16H24N2O3. The zero-order valence-corrected chi connectivity index (χ0v) is 12.7. The number of carboxylic acid groups (broad SMARTS) is 1. The number of anilines is 1. The van der Waals surface area contributed by atoms with Crippen LogP contribution in [0.5, 0.6) is 0 Å². The third kappa shape index (κ3) is 4.17. The van der Waals surface area contributed by atoms with Gasteiger partial charge in [-0.15, -0.1) is 0 Å². The Kier molecular flexibility index (Phi) is 5.17. The summed E-state index contributed by atoms with van der Waals surface area (Å²) in [5.41, 5.74) is 0.986. The molecule has 21 heavy (non-hydrogen) atoms. The molecule has 3 N–H and O–H groups in total. The van der Waals surface area contributed by atoms with Crippen LogP contribution in [0.25, 0.3) is 0 Å². The van der Waals surface area contributed by atoms with Crippen LogP contribution in [0.4, 0.5) is 5.82 Å². The second-order valence-electron chi connectivity index (χ2n) is 6.08. The monoisotopic (exact) mass is 292 g/mol. The van der Waals surface area contributed by atoms with Crippen LogP contribution in [0.1, 0.15) is 67.9 Å². The number of nitrogens with zero attached hydrogens (tertiary/aromatic N) is 1. The summed E-state index contributed by atoms with van der Waals surface area (Å²) in [4.78, 5) is 15.7. The number of aliphatic hydroxyl groups excluding tert-OH is 1. The van der Waals surface area contributed by atoms with Crippen LogP contribution in [-0.2, 0) is 0 Å². The first-order chi connectivity index (χ1) is 9.97. The van der Waals surface area contributed by atoms with E-state index in [1.165, 1.54) is 0 Å². The normalized spacial score (nSPS) is 22.9. The minimum atomic E-state index is -0.955. The zero-order chi connectivity index (χ0) is 15.4. The molecule has 116 valence electrons. The van der Waals surface area contributed by atoms with Gasteiger partial charge in [-0.1, -0.05) is 33.1 Å². The van der Waals surface area contributed by atoms with E-state index < -0.39 is 12.1 Å². The standard InChI is InChI=1S/C16H24N2O3/c1-10(2)13-8-11(16(20)21)9-15(18-13)17-12-6-4-3-5-7-14(12)19/h8-10,12,14,19H,3-7H2,1-2H3,(H,17,18)(H,20,21). The van der Waals surface area contributed by atoms with Gasteiger partial charge in [0.2, 0.25) is 0 Å². The summed E-state index contributed by atoms with van der Waals surface area (Å²) in [7, 11) is 0. The van der Waals surface area contributed by atoms with Crippen LogP contribution in [0.3, 0.4) is 0 Å². The van der Waals surface area contributed by atoms with E-state index in [0.29, 0.717) is 5.82 Å². The summed E-state index contributed by atoms with van der Waals surface area (Å²) >= 11 is 0. The highest BCUT2D eigenvalue weighted by atomic mass is 16.4. The van der Waals surface area contributed by atoms with Crippen molar-refractivity contribution in [2.45, 2.75) is 64.0 Å². The van der Waals surface area contributed by atoms with E-state index in [-0.39, 0.29) is 17.5 Å². The van der Waals surface area contributed by atoms with Crippen molar-refractivity contribution in [1.82, 2.24) is 4.98 Å². The number of pyridine rings is 1. The Hall–Kier alpha value is -1.62. The largest absolute Gasteiger partial charge is 0.478 e. The molecule has 0 aromatic carbocycles. The van der Waals surface area contributed by atoms with Gasteiger partial charge >= 0.3 is 5.97 Å². The third-order valence-corrected chi connectivity index (χ3v) is 4.00. The number of aromatic nitrogens is 1. The lowest BCUT2D eigenvalue weighted by molar-refractivity contribution is 0.0696. The van der Waals surface area contributed by atoms with Crippen molar-refractivity contribution in [3.05, 3.63) is 23.4 Å². The summed E-state index contributed by atoms with van der Waals surface area (Å²) < 4.78 is 0. The molecule has 2 atom stereocenters. The highest BCUT2D eigenvalue weighted by Gasteiger charge is 2.22. The molecule has 0 saturated heterocycles. The van der Waals surface area contributed by atoms with Crippen LogP contribution in [0.2, 0.25) is 0 Å². The Balaban J connectivity index is 2.23.